The van der Waals surface area contributed by atoms with Gasteiger partial charge >= 0.3 is 0 Å². The molecular formula is C9H10N2O2. The molecule has 0 unspecified atom stereocenters. The number of pyridine rings is 1. The molecule has 13 heavy (non-hydrogen) atoms. The van der Waals surface area contributed by atoms with Crippen molar-refractivity contribution in [1.82, 2.24) is 4.98 Å². The van der Waals surface area contributed by atoms with Crippen molar-refractivity contribution in [2.24, 2.45) is 0 Å². The molecule has 1 aliphatic carbocycles. The van der Waals surface area contributed by atoms with Crippen molar-refractivity contribution in [2.45, 2.75) is 25.7 Å². The highest BCUT2D eigenvalue weighted by molar-refractivity contribution is 5.36. The van der Waals surface area contributed by atoms with Gasteiger partial charge in [-0.2, -0.15) is 0 Å². The monoisotopic (exact) mass is 178 g/mol. The van der Waals surface area contributed by atoms with Crippen LogP contribution in [0, 0.1) is 17.0 Å². The first kappa shape index (κ1) is 8.16. The van der Waals surface area contributed by atoms with Crippen LogP contribution in [0.25, 0.3) is 0 Å². The van der Waals surface area contributed by atoms with E-state index in [9.17, 15) is 10.1 Å². The molecule has 0 spiro atoms. The summed E-state index contributed by atoms with van der Waals surface area (Å²) in [6, 6.07) is 3.32. The summed E-state index contributed by atoms with van der Waals surface area (Å²) in [5, 5.41) is 10.5. The molecule has 4 heteroatoms. The molecule has 1 aromatic rings. The van der Waals surface area contributed by atoms with E-state index in [4.69, 9.17) is 0 Å². The van der Waals surface area contributed by atoms with Crippen LogP contribution in [-0.4, -0.2) is 9.91 Å². The van der Waals surface area contributed by atoms with Gasteiger partial charge in [-0.05, 0) is 25.8 Å². The van der Waals surface area contributed by atoms with Gasteiger partial charge in [0.05, 0.1) is 4.92 Å². The standard InChI is InChI=1S/C9H10N2O2/c1-6-9(11(12)13)5-4-8(10-6)7-2-3-7/h4-5,7H,2-3H2,1H3. The maximum Gasteiger partial charge on any atom is 0.290 e. The molecule has 0 amide bonds. The quantitative estimate of drug-likeness (QED) is 0.515. The Morgan fingerprint density at radius 2 is 2.23 bits per heavy atom. The minimum absolute atomic E-state index is 0.115. The maximum atomic E-state index is 10.5. The second-order valence-electron chi connectivity index (χ2n) is 3.37. The molecule has 4 nitrogen and oxygen atoms in total. The Morgan fingerprint density at radius 1 is 1.54 bits per heavy atom. The second-order valence-corrected chi connectivity index (χ2v) is 3.37. The van der Waals surface area contributed by atoms with Crippen molar-refractivity contribution in [2.75, 3.05) is 0 Å². The highest BCUT2D eigenvalue weighted by Crippen LogP contribution is 2.39. The van der Waals surface area contributed by atoms with Crippen LogP contribution in [0.2, 0.25) is 0 Å². The first-order valence-electron chi connectivity index (χ1n) is 4.30. The van der Waals surface area contributed by atoms with Crippen LogP contribution >= 0.6 is 0 Å². The number of aryl methyl sites for hydroxylation is 1. The van der Waals surface area contributed by atoms with Crippen molar-refractivity contribution in [3.63, 3.8) is 0 Å². The lowest BCUT2D eigenvalue weighted by Gasteiger charge is -1.99. The third-order valence-corrected chi connectivity index (χ3v) is 2.27. The topological polar surface area (TPSA) is 56.0 Å². The smallest absolute Gasteiger partial charge is 0.258 e. The van der Waals surface area contributed by atoms with Crippen molar-refractivity contribution in [3.8, 4) is 0 Å². The molecule has 1 aliphatic rings. The van der Waals surface area contributed by atoms with Crippen LogP contribution in [-0.2, 0) is 0 Å². The third kappa shape index (κ3) is 1.52. The van der Waals surface area contributed by atoms with Gasteiger partial charge in [-0.1, -0.05) is 0 Å². The van der Waals surface area contributed by atoms with E-state index in [0.29, 0.717) is 11.6 Å². The van der Waals surface area contributed by atoms with E-state index in [-0.39, 0.29) is 10.6 Å². The zero-order valence-corrected chi connectivity index (χ0v) is 7.36. The molecule has 1 aromatic heterocycles. The predicted octanol–water partition coefficient (Wildman–Crippen LogP) is 2.18. The Balaban J connectivity index is 2.36. The van der Waals surface area contributed by atoms with E-state index in [1.54, 1.807) is 19.1 Å². The molecule has 0 aliphatic heterocycles. The number of nitrogens with zero attached hydrogens (tertiary/aromatic N) is 2. The number of nitro groups is 1. The molecule has 1 saturated carbocycles. The fourth-order valence-electron chi connectivity index (χ4n) is 1.37. The lowest BCUT2D eigenvalue weighted by atomic mass is 10.2. The Labute approximate surface area is 75.8 Å². The lowest BCUT2D eigenvalue weighted by Crippen LogP contribution is -1.96. The Morgan fingerprint density at radius 3 is 2.69 bits per heavy atom. The van der Waals surface area contributed by atoms with Crippen LogP contribution in [0.5, 0.6) is 0 Å². The van der Waals surface area contributed by atoms with E-state index in [1.807, 2.05) is 0 Å². The Bertz CT molecular complexity index is 359. The summed E-state index contributed by atoms with van der Waals surface area (Å²) in [4.78, 5) is 14.3. The van der Waals surface area contributed by atoms with Gasteiger partial charge in [0.15, 0.2) is 0 Å². The fraction of sp³-hybridized carbons (Fsp3) is 0.444. The van der Waals surface area contributed by atoms with Gasteiger partial charge in [-0.15, -0.1) is 0 Å². The van der Waals surface area contributed by atoms with Gasteiger partial charge in [-0.3, -0.25) is 15.1 Å². The maximum absolute atomic E-state index is 10.5. The molecule has 68 valence electrons. The summed E-state index contributed by atoms with van der Waals surface area (Å²) >= 11 is 0. The number of hydrogen-bond donors (Lipinski definition) is 0. The third-order valence-electron chi connectivity index (χ3n) is 2.27. The summed E-state index contributed by atoms with van der Waals surface area (Å²) in [5.41, 5.74) is 1.64. The molecule has 0 N–H and O–H groups in total. The zero-order chi connectivity index (χ0) is 9.42. The first-order chi connectivity index (χ1) is 6.18. The van der Waals surface area contributed by atoms with Gasteiger partial charge in [0.25, 0.3) is 5.69 Å². The summed E-state index contributed by atoms with van der Waals surface area (Å²) in [7, 11) is 0. The highest BCUT2D eigenvalue weighted by Gasteiger charge is 2.26. The summed E-state index contributed by atoms with van der Waals surface area (Å²) in [6.45, 7) is 1.68. The summed E-state index contributed by atoms with van der Waals surface area (Å²) in [5.74, 6) is 0.555. The van der Waals surface area contributed by atoms with Crippen LogP contribution in [0.4, 0.5) is 5.69 Å². The molecular weight excluding hydrogens is 168 g/mol. The Kier molecular flexibility index (Phi) is 1.76. The van der Waals surface area contributed by atoms with Crippen LogP contribution in [0.1, 0.15) is 30.1 Å². The lowest BCUT2D eigenvalue weighted by molar-refractivity contribution is -0.385. The highest BCUT2D eigenvalue weighted by atomic mass is 16.6. The number of rotatable bonds is 2. The second kappa shape index (κ2) is 2.80. The number of aromatic nitrogens is 1. The molecule has 0 saturated heterocycles. The van der Waals surface area contributed by atoms with Crippen LogP contribution in [0.15, 0.2) is 12.1 Å². The van der Waals surface area contributed by atoms with Gasteiger partial charge in [0, 0.05) is 17.7 Å². The van der Waals surface area contributed by atoms with Crippen molar-refractivity contribution < 1.29 is 4.92 Å². The van der Waals surface area contributed by atoms with Crippen LogP contribution < -0.4 is 0 Å². The van der Waals surface area contributed by atoms with Gasteiger partial charge in [-0.25, -0.2) is 0 Å². The van der Waals surface area contributed by atoms with Crippen molar-refractivity contribution in [3.05, 3.63) is 33.6 Å². The van der Waals surface area contributed by atoms with E-state index >= 15 is 0 Å². The van der Waals surface area contributed by atoms with E-state index in [0.717, 1.165) is 5.69 Å². The van der Waals surface area contributed by atoms with Crippen molar-refractivity contribution in [1.29, 1.82) is 0 Å². The fourth-order valence-corrected chi connectivity index (χ4v) is 1.37. The average molecular weight is 178 g/mol. The summed E-state index contributed by atoms with van der Waals surface area (Å²) < 4.78 is 0. The molecule has 0 bridgehead atoms. The largest absolute Gasteiger partial charge is 0.290 e. The SMILES string of the molecule is Cc1nc(C2CC2)ccc1[N+](=O)[O-]. The van der Waals surface area contributed by atoms with E-state index in [2.05, 4.69) is 4.98 Å². The average Bonchev–Trinajstić information content (AvgIpc) is 2.85. The zero-order valence-electron chi connectivity index (χ0n) is 7.36. The Hall–Kier alpha value is -1.45. The number of hydrogen-bond acceptors (Lipinski definition) is 3. The molecule has 1 fully saturated rings. The molecule has 1 heterocycles. The summed E-state index contributed by atoms with van der Waals surface area (Å²) in [6.07, 6.45) is 2.34. The molecule has 0 aromatic carbocycles. The van der Waals surface area contributed by atoms with Gasteiger partial charge in [0.2, 0.25) is 0 Å². The minimum Gasteiger partial charge on any atom is -0.258 e. The van der Waals surface area contributed by atoms with Gasteiger partial charge in [0.1, 0.15) is 5.69 Å². The predicted molar refractivity (Wildman–Crippen MR) is 47.6 cm³/mol. The molecule has 2 rings (SSSR count). The van der Waals surface area contributed by atoms with Crippen molar-refractivity contribution >= 4 is 5.69 Å². The van der Waals surface area contributed by atoms with E-state index in [1.165, 1.54) is 12.8 Å². The molecule has 0 radical (unpaired) electrons. The van der Waals surface area contributed by atoms with E-state index < -0.39 is 0 Å². The van der Waals surface area contributed by atoms with Gasteiger partial charge < -0.3 is 0 Å². The first-order valence-corrected chi connectivity index (χ1v) is 4.30. The normalized spacial score (nSPS) is 15.8. The molecule has 0 atom stereocenters. The van der Waals surface area contributed by atoms with Crippen LogP contribution in [0.3, 0.4) is 0 Å². The minimum atomic E-state index is -0.390.